The van der Waals surface area contributed by atoms with Gasteiger partial charge in [0.05, 0.1) is 6.26 Å². The zero-order valence-electron chi connectivity index (χ0n) is 8.53. The molecule has 0 saturated carbocycles. The number of carbonyl (C=O) groups is 1. The van der Waals surface area contributed by atoms with E-state index in [0.29, 0.717) is 5.11 Å². The summed E-state index contributed by atoms with van der Waals surface area (Å²) in [6.45, 7) is 3.89. The lowest BCUT2D eigenvalue weighted by molar-refractivity contribution is 0.0915. The SMILES string of the molecule is CC(C)NC(=S)NNC(=O)c1ccco1. The maximum absolute atomic E-state index is 11.3. The molecule has 1 heterocycles. The number of furan rings is 1. The van der Waals surface area contributed by atoms with Crippen LogP contribution in [0.2, 0.25) is 0 Å². The molecule has 0 fully saturated rings. The molecule has 5 nitrogen and oxygen atoms in total. The fourth-order valence-electron chi connectivity index (χ4n) is 0.881. The fourth-order valence-corrected chi connectivity index (χ4v) is 1.17. The van der Waals surface area contributed by atoms with Crippen molar-refractivity contribution in [3.05, 3.63) is 24.2 Å². The molecule has 0 aliphatic carbocycles. The van der Waals surface area contributed by atoms with Gasteiger partial charge in [0.15, 0.2) is 10.9 Å². The van der Waals surface area contributed by atoms with Gasteiger partial charge in [-0.15, -0.1) is 0 Å². The topological polar surface area (TPSA) is 66.3 Å². The van der Waals surface area contributed by atoms with Crippen molar-refractivity contribution < 1.29 is 9.21 Å². The molecule has 0 aliphatic heterocycles. The summed E-state index contributed by atoms with van der Waals surface area (Å²) in [5.41, 5.74) is 4.97. The second-order valence-electron chi connectivity index (χ2n) is 3.18. The molecular weight excluding hydrogens is 214 g/mol. The van der Waals surface area contributed by atoms with E-state index in [1.165, 1.54) is 6.26 Å². The van der Waals surface area contributed by atoms with Crippen molar-refractivity contribution in [1.29, 1.82) is 0 Å². The van der Waals surface area contributed by atoms with E-state index in [4.69, 9.17) is 16.6 Å². The summed E-state index contributed by atoms with van der Waals surface area (Å²) in [7, 11) is 0. The van der Waals surface area contributed by atoms with E-state index in [2.05, 4.69) is 16.2 Å². The fraction of sp³-hybridized carbons (Fsp3) is 0.333. The molecule has 1 amide bonds. The molecule has 3 N–H and O–H groups in total. The number of hydrogen-bond donors (Lipinski definition) is 3. The second kappa shape index (κ2) is 5.35. The first kappa shape index (κ1) is 11.5. The van der Waals surface area contributed by atoms with Crippen LogP contribution in [-0.2, 0) is 0 Å². The lowest BCUT2D eigenvalue weighted by Gasteiger charge is -2.12. The minimum atomic E-state index is -0.368. The van der Waals surface area contributed by atoms with Gasteiger partial charge in [0.25, 0.3) is 0 Å². The molecule has 0 unspecified atom stereocenters. The van der Waals surface area contributed by atoms with E-state index < -0.39 is 0 Å². The van der Waals surface area contributed by atoms with Crippen LogP contribution in [0, 0.1) is 0 Å². The van der Waals surface area contributed by atoms with Crippen LogP contribution in [-0.4, -0.2) is 17.1 Å². The molecule has 0 radical (unpaired) electrons. The third-order valence-electron chi connectivity index (χ3n) is 1.45. The first-order valence-corrected chi connectivity index (χ1v) is 4.91. The average molecular weight is 227 g/mol. The van der Waals surface area contributed by atoms with Gasteiger partial charge < -0.3 is 9.73 Å². The molecule has 1 aromatic rings. The number of nitrogens with one attached hydrogen (secondary N) is 3. The quantitative estimate of drug-likeness (QED) is 0.515. The molecule has 6 heteroatoms. The van der Waals surface area contributed by atoms with Crippen LogP contribution in [0.15, 0.2) is 22.8 Å². The number of hydrogen-bond acceptors (Lipinski definition) is 3. The lowest BCUT2D eigenvalue weighted by Crippen LogP contribution is -2.48. The summed E-state index contributed by atoms with van der Waals surface area (Å²) in [6, 6.07) is 3.42. The lowest BCUT2D eigenvalue weighted by atomic mass is 10.4. The van der Waals surface area contributed by atoms with Crippen LogP contribution < -0.4 is 16.2 Å². The molecule has 1 rings (SSSR count). The van der Waals surface area contributed by atoms with Crippen molar-refractivity contribution in [3.8, 4) is 0 Å². The predicted octanol–water partition coefficient (Wildman–Crippen LogP) is 0.797. The number of thiocarbonyl (C=S) groups is 1. The number of amides is 1. The van der Waals surface area contributed by atoms with Gasteiger partial charge in [-0.25, -0.2) is 0 Å². The largest absolute Gasteiger partial charge is 0.459 e. The van der Waals surface area contributed by atoms with Crippen molar-refractivity contribution >= 4 is 23.2 Å². The van der Waals surface area contributed by atoms with Crippen molar-refractivity contribution in [2.45, 2.75) is 19.9 Å². The van der Waals surface area contributed by atoms with Crippen LogP contribution in [0.25, 0.3) is 0 Å². The van der Waals surface area contributed by atoms with E-state index in [0.717, 1.165) is 0 Å². The molecule has 15 heavy (non-hydrogen) atoms. The summed E-state index contributed by atoms with van der Waals surface area (Å²) in [6.07, 6.45) is 1.43. The van der Waals surface area contributed by atoms with Gasteiger partial charge in [-0.05, 0) is 38.2 Å². The average Bonchev–Trinajstić information content (AvgIpc) is 2.65. The van der Waals surface area contributed by atoms with E-state index in [9.17, 15) is 4.79 Å². The molecule has 1 aromatic heterocycles. The normalized spacial score (nSPS) is 9.80. The Kier molecular flexibility index (Phi) is 4.11. The highest BCUT2D eigenvalue weighted by atomic mass is 32.1. The Bertz CT molecular complexity index is 335. The molecule has 0 aromatic carbocycles. The summed E-state index contributed by atoms with van der Waals surface area (Å²) in [4.78, 5) is 11.3. The van der Waals surface area contributed by atoms with E-state index in [1.807, 2.05) is 13.8 Å². The Morgan fingerprint density at radius 2 is 2.20 bits per heavy atom. The molecule has 0 saturated heterocycles. The van der Waals surface area contributed by atoms with Crippen molar-refractivity contribution in [2.24, 2.45) is 0 Å². The summed E-state index contributed by atoms with van der Waals surface area (Å²) < 4.78 is 4.89. The first-order chi connectivity index (χ1) is 7.09. The summed E-state index contributed by atoms with van der Waals surface area (Å²) in [5, 5.41) is 3.28. The Labute approximate surface area is 93.2 Å². The van der Waals surface area contributed by atoms with Gasteiger partial charge in [0, 0.05) is 6.04 Å². The van der Waals surface area contributed by atoms with E-state index in [-0.39, 0.29) is 17.7 Å². The van der Waals surface area contributed by atoms with E-state index >= 15 is 0 Å². The number of carbonyl (C=O) groups excluding carboxylic acids is 1. The van der Waals surface area contributed by atoms with E-state index in [1.54, 1.807) is 12.1 Å². The standard InChI is InChI=1S/C9H13N3O2S/c1-6(2)10-9(15)12-11-8(13)7-4-3-5-14-7/h3-6H,1-2H3,(H,11,13)(H2,10,12,15). The van der Waals surface area contributed by atoms with Gasteiger partial charge in [0.1, 0.15) is 0 Å². The zero-order valence-corrected chi connectivity index (χ0v) is 9.35. The zero-order chi connectivity index (χ0) is 11.3. The van der Waals surface area contributed by atoms with Crippen LogP contribution in [0.1, 0.15) is 24.4 Å². The Morgan fingerprint density at radius 3 is 2.73 bits per heavy atom. The van der Waals surface area contributed by atoms with Crippen LogP contribution >= 0.6 is 12.2 Å². The number of hydrazine groups is 1. The molecule has 82 valence electrons. The van der Waals surface area contributed by atoms with Gasteiger partial charge in [0.2, 0.25) is 0 Å². The van der Waals surface area contributed by atoms with Crippen molar-refractivity contribution in [1.82, 2.24) is 16.2 Å². The molecule has 0 bridgehead atoms. The third-order valence-corrected chi connectivity index (χ3v) is 1.67. The highest BCUT2D eigenvalue weighted by Gasteiger charge is 2.07. The summed E-state index contributed by atoms with van der Waals surface area (Å²) in [5.74, 6) is -0.136. The minimum Gasteiger partial charge on any atom is -0.459 e. The van der Waals surface area contributed by atoms with Gasteiger partial charge in [-0.1, -0.05) is 0 Å². The third kappa shape index (κ3) is 3.99. The highest BCUT2D eigenvalue weighted by molar-refractivity contribution is 7.80. The molecular formula is C9H13N3O2S. The monoisotopic (exact) mass is 227 g/mol. The highest BCUT2D eigenvalue weighted by Crippen LogP contribution is 1.97. The van der Waals surface area contributed by atoms with Crippen molar-refractivity contribution in [2.75, 3.05) is 0 Å². The number of rotatable bonds is 2. The van der Waals surface area contributed by atoms with Crippen LogP contribution in [0.3, 0.4) is 0 Å². The predicted molar refractivity (Wildman–Crippen MR) is 60.2 cm³/mol. The Morgan fingerprint density at radius 1 is 1.47 bits per heavy atom. The summed E-state index contributed by atoms with van der Waals surface area (Å²) >= 11 is 4.91. The van der Waals surface area contributed by atoms with Crippen LogP contribution in [0.4, 0.5) is 0 Å². The Balaban J connectivity index is 2.32. The smallest absolute Gasteiger partial charge is 0.305 e. The van der Waals surface area contributed by atoms with Crippen molar-refractivity contribution in [3.63, 3.8) is 0 Å². The van der Waals surface area contributed by atoms with Gasteiger partial charge >= 0.3 is 5.91 Å². The molecule has 0 aliphatic rings. The molecule has 0 atom stereocenters. The van der Waals surface area contributed by atoms with Gasteiger partial charge in [-0.2, -0.15) is 0 Å². The first-order valence-electron chi connectivity index (χ1n) is 4.50. The van der Waals surface area contributed by atoms with Crippen LogP contribution in [0.5, 0.6) is 0 Å². The van der Waals surface area contributed by atoms with Gasteiger partial charge in [-0.3, -0.25) is 15.6 Å². The molecule has 0 spiro atoms. The Hall–Kier alpha value is -1.56. The maximum atomic E-state index is 11.3. The minimum absolute atomic E-state index is 0.213. The second-order valence-corrected chi connectivity index (χ2v) is 3.59. The maximum Gasteiger partial charge on any atom is 0.305 e.